The Bertz CT molecular complexity index is 659. The van der Waals surface area contributed by atoms with E-state index in [0.29, 0.717) is 0 Å². The van der Waals surface area contributed by atoms with Gasteiger partial charge < -0.3 is 14.2 Å². The van der Waals surface area contributed by atoms with Gasteiger partial charge in [-0.2, -0.15) is 0 Å². The average Bonchev–Trinajstić information content (AvgIpc) is 3.06. The molecule has 0 bridgehead atoms. The first-order valence-electron chi connectivity index (χ1n) is 9.64. The summed E-state index contributed by atoms with van der Waals surface area (Å²) in [7, 11) is 6.00. The van der Waals surface area contributed by atoms with Crippen molar-refractivity contribution in [1.82, 2.24) is 19.4 Å². The largest absolute Gasteiger partial charge is 0.497 e. The molecule has 0 saturated carbocycles. The van der Waals surface area contributed by atoms with Crippen LogP contribution in [0.4, 0.5) is 0 Å². The lowest BCUT2D eigenvalue weighted by molar-refractivity contribution is 0.152. The maximum Gasteiger partial charge on any atom is 0.122 e. The Kier molecular flexibility index (Phi) is 6.69. The van der Waals surface area contributed by atoms with Gasteiger partial charge in [0.15, 0.2) is 0 Å². The van der Waals surface area contributed by atoms with Crippen LogP contribution < -0.4 is 4.74 Å². The fourth-order valence-corrected chi connectivity index (χ4v) is 3.77. The fraction of sp³-hybridized carbons (Fsp3) is 0.571. The molecule has 0 amide bonds. The normalized spacial score (nSPS) is 16.3. The number of benzene rings is 1. The second-order valence-corrected chi connectivity index (χ2v) is 7.53. The molecule has 0 aliphatic carbocycles. The number of ether oxygens (including phenoxy) is 1. The van der Waals surface area contributed by atoms with Crippen LogP contribution in [0.2, 0.25) is 0 Å². The first kappa shape index (κ1) is 18.9. The van der Waals surface area contributed by atoms with E-state index in [1.54, 1.807) is 7.11 Å². The maximum atomic E-state index is 5.23. The van der Waals surface area contributed by atoms with Gasteiger partial charge in [-0.05, 0) is 63.0 Å². The lowest BCUT2D eigenvalue weighted by Crippen LogP contribution is -2.38. The van der Waals surface area contributed by atoms with Crippen molar-refractivity contribution < 1.29 is 4.74 Å². The minimum Gasteiger partial charge on any atom is -0.497 e. The maximum absolute atomic E-state index is 5.23. The molecule has 1 fully saturated rings. The van der Waals surface area contributed by atoms with Crippen LogP contribution >= 0.6 is 0 Å². The van der Waals surface area contributed by atoms with Crippen LogP contribution in [-0.4, -0.2) is 59.7 Å². The van der Waals surface area contributed by atoms with Crippen molar-refractivity contribution in [2.45, 2.75) is 25.8 Å². The van der Waals surface area contributed by atoms with Crippen molar-refractivity contribution in [2.24, 2.45) is 13.0 Å². The monoisotopic (exact) mass is 356 g/mol. The molecule has 1 aliphatic rings. The second kappa shape index (κ2) is 9.19. The van der Waals surface area contributed by atoms with E-state index in [-0.39, 0.29) is 0 Å². The summed E-state index contributed by atoms with van der Waals surface area (Å²) in [5, 5.41) is 0. The quantitative estimate of drug-likeness (QED) is 0.728. The Labute approximate surface area is 157 Å². The van der Waals surface area contributed by atoms with Crippen LogP contribution in [0.25, 0.3) is 0 Å². The third kappa shape index (κ3) is 5.32. The summed E-state index contributed by atoms with van der Waals surface area (Å²) < 4.78 is 7.34. The molecule has 5 nitrogen and oxygen atoms in total. The van der Waals surface area contributed by atoms with Crippen LogP contribution in [0.15, 0.2) is 36.7 Å². The number of aromatic nitrogens is 2. The molecule has 0 atom stereocenters. The summed E-state index contributed by atoms with van der Waals surface area (Å²) in [6.45, 7) is 5.69. The van der Waals surface area contributed by atoms with E-state index < -0.39 is 0 Å². The molecule has 2 heterocycles. The van der Waals surface area contributed by atoms with E-state index in [1.165, 1.54) is 38.0 Å². The highest BCUT2D eigenvalue weighted by Gasteiger charge is 2.20. The van der Waals surface area contributed by atoms with E-state index in [9.17, 15) is 0 Å². The highest BCUT2D eigenvalue weighted by Crippen LogP contribution is 2.19. The number of nitrogens with zero attached hydrogens (tertiary/aromatic N) is 4. The van der Waals surface area contributed by atoms with Crippen molar-refractivity contribution in [3.8, 4) is 5.75 Å². The van der Waals surface area contributed by atoms with Crippen molar-refractivity contribution >= 4 is 0 Å². The number of methoxy groups -OCH3 is 1. The highest BCUT2D eigenvalue weighted by atomic mass is 16.5. The van der Waals surface area contributed by atoms with Gasteiger partial charge in [-0.15, -0.1) is 0 Å². The third-order valence-corrected chi connectivity index (χ3v) is 5.49. The molecule has 0 N–H and O–H groups in total. The van der Waals surface area contributed by atoms with E-state index in [0.717, 1.165) is 37.0 Å². The highest BCUT2D eigenvalue weighted by molar-refractivity contribution is 5.27. The van der Waals surface area contributed by atoms with Gasteiger partial charge in [0.05, 0.1) is 13.7 Å². The lowest BCUT2D eigenvalue weighted by Gasteiger charge is -2.33. The number of piperidine rings is 1. The van der Waals surface area contributed by atoms with Gasteiger partial charge in [-0.1, -0.05) is 12.1 Å². The first-order valence-corrected chi connectivity index (χ1v) is 9.64. The summed E-state index contributed by atoms with van der Waals surface area (Å²) in [6, 6.07) is 8.47. The zero-order valence-corrected chi connectivity index (χ0v) is 16.4. The second-order valence-electron chi connectivity index (χ2n) is 7.53. The minimum atomic E-state index is 0.803. The smallest absolute Gasteiger partial charge is 0.122 e. The summed E-state index contributed by atoms with van der Waals surface area (Å²) in [5.74, 6) is 2.88. The molecule has 1 aromatic carbocycles. The van der Waals surface area contributed by atoms with Crippen LogP contribution in [-0.2, 0) is 20.0 Å². The summed E-state index contributed by atoms with van der Waals surface area (Å²) in [4.78, 5) is 9.46. The first-order chi connectivity index (χ1) is 12.6. The van der Waals surface area contributed by atoms with Gasteiger partial charge in [-0.25, -0.2) is 4.98 Å². The van der Waals surface area contributed by atoms with E-state index in [4.69, 9.17) is 4.74 Å². The van der Waals surface area contributed by atoms with Crippen molar-refractivity contribution in [3.63, 3.8) is 0 Å². The molecular weight excluding hydrogens is 324 g/mol. The topological polar surface area (TPSA) is 33.5 Å². The molecule has 1 saturated heterocycles. The van der Waals surface area contributed by atoms with Crippen molar-refractivity contribution in [3.05, 3.63) is 48.0 Å². The molecule has 1 aliphatic heterocycles. The minimum absolute atomic E-state index is 0.803. The summed E-state index contributed by atoms with van der Waals surface area (Å²) in [6.07, 6.45) is 7.61. The number of hydrogen-bond donors (Lipinski definition) is 0. The van der Waals surface area contributed by atoms with E-state index >= 15 is 0 Å². The number of hydrogen-bond acceptors (Lipinski definition) is 4. The van der Waals surface area contributed by atoms with Gasteiger partial charge in [-0.3, -0.25) is 4.90 Å². The molecule has 26 heavy (non-hydrogen) atoms. The van der Waals surface area contributed by atoms with Crippen molar-refractivity contribution in [1.29, 1.82) is 0 Å². The SMILES string of the molecule is COc1ccc(CCN2CCC(CN(C)Cc3nccn3C)CC2)cc1. The number of imidazole rings is 1. The van der Waals surface area contributed by atoms with Gasteiger partial charge in [0.25, 0.3) is 0 Å². The molecular formula is C21H32N4O. The van der Waals surface area contributed by atoms with Crippen LogP contribution in [0.1, 0.15) is 24.2 Å². The van der Waals surface area contributed by atoms with Crippen molar-refractivity contribution in [2.75, 3.05) is 40.3 Å². The molecule has 0 radical (unpaired) electrons. The molecule has 0 unspecified atom stereocenters. The Balaban J connectivity index is 1.36. The fourth-order valence-electron chi connectivity index (χ4n) is 3.77. The Morgan fingerprint density at radius 2 is 1.92 bits per heavy atom. The average molecular weight is 357 g/mol. The Morgan fingerprint density at radius 3 is 2.54 bits per heavy atom. The van der Waals surface area contributed by atoms with E-state index in [2.05, 4.69) is 57.7 Å². The Hall–Kier alpha value is -1.85. The molecule has 0 spiro atoms. The lowest BCUT2D eigenvalue weighted by atomic mass is 9.96. The molecule has 1 aromatic heterocycles. The van der Waals surface area contributed by atoms with Gasteiger partial charge in [0, 0.05) is 32.5 Å². The third-order valence-electron chi connectivity index (χ3n) is 5.49. The zero-order chi connectivity index (χ0) is 18.4. The summed E-state index contributed by atoms with van der Waals surface area (Å²) in [5.41, 5.74) is 1.39. The van der Waals surface area contributed by atoms with Crippen LogP contribution in [0, 0.1) is 5.92 Å². The molecule has 5 heteroatoms. The molecule has 3 rings (SSSR count). The molecule has 142 valence electrons. The predicted octanol–water partition coefficient (Wildman–Crippen LogP) is 2.82. The van der Waals surface area contributed by atoms with Crippen LogP contribution in [0.3, 0.4) is 0 Å². The van der Waals surface area contributed by atoms with Crippen LogP contribution in [0.5, 0.6) is 5.75 Å². The predicted molar refractivity (Wildman–Crippen MR) is 105 cm³/mol. The molecule has 2 aromatic rings. The number of rotatable bonds is 8. The Morgan fingerprint density at radius 1 is 1.19 bits per heavy atom. The number of likely N-dealkylation sites (tertiary alicyclic amines) is 1. The number of aryl methyl sites for hydroxylation is 1. The summed E-state index contributed by atoms with van der Waals surface area (Å²) >= 11 is 0. The standard InChI is InChI=1S/C21H32N4O/c1-23(17-21-22-11-15-24(21)2)16-19-9-13-25(14-10-19)12-8-18-4-6-20(26-3)7-5-18/h4-7,11,15,19H,8-10,12-14,16-17H2,1-3H3. The van der Waals surface area contributed by atoms with Gasteiger partial charge >= 0.3 is 0 Å². The zero-order valence-electron chi connectivity index (χ0n) is 16.4. The van der Waals surface area contributed by atoms with E-state index in [1.807, 2.05) is 12.4 Å². The van der Waals surface area contributed by atoms with Gasteiger partial charge in [0.2, 0.25) is 0 Å². The van der Waals surface area contributed by atoms with Gasteiger partial charge in [0.1, 0.15) is 11.6 Å².